The maximum Gasteiger partial charge on any atom is 0.216 e. The first-order valence-electron chi connectivity index (χ1n) is 7.68. The largest absolute Gasteiger partial charge is 0.494 e. The number of sulfonamides is 1. The molecule has 0 aliphatic carbocycles. The number of nitrogens with one attached hydrogen (secondary N) is 1. The van der Waals surface area contributed by atoms with Crippen LogP contribution >= 0.6 is 0 Å². The highest BCUT2D eigenvalue weighted by Gasteiger charge is 2.16. The number of hydrogen-bond donors (Lipinski definition) is 1. The van der Waals surface area contributed by atoms with Crippen LogP contribution in [0.2, 0.25) is 0 Å². The molecule has 0 amide bonds. The van der Waals surface area contributed by atoms with E-state index in [-0.39, 0.29) is 11.8 Å². The van der Waals surface area contributed by atoms with E-state index in [4.69, 9.17) is 4.74 Å². The van der Waals surface area contributed by atoms with Gasteiger partial charge < -0.3 is 4.74 Å². The van der Waals surface area contributed by atoms with Crippen LogP contribution in [0.1, 0.15) is 36.6 Å². The molecular weight excluding hydrogens is 310 g/mol. The van der Waals surface area contributed by atoms with Gasteiger partial charge in [0.1, 0.15) is 5.75 Å². The molecule has 0 fully saturated rings. The van der Waals surface area contributed by atoms with Crippen molar-refractivity contribution in [3.05, 3.63) is 65.2 Å². The molecule has 0 heterocycles. The molecule has 0 bridgehead atoms. The Bertz CT molecular complexity index is 722. The van der Waals surface area contributed by atoms with Crippen molar-refractivity contribution in [2.24, 2.45) is 0 Å². The summed E-state index contributed by atoms with van der Waals surface area (Å²) in [5, 5.41) is 0. The molecule has 5 heteroatoms. The summed E-state index contributed by atoms with van der Waals surface area (Å²) in [5.74, 6) is 0.764. The van der Waals surface area contributed by atoms with Gasteiger partial charge in [-0.2, -0.15) is 0 Å². The normalized spacial score (nSPS) is 12.8. The second-order valence-electron chi connectivity index (χ2n) is 5.59. The number of benzene rings is 2. The Morgan fingerprint density at radius 2 is 1.65 bits per heavy atom. The lowest BCUT2D eigenvalue weighted by Crippen LogP contribution is -2.28. The fourth-order valence-electron chi connectivity index (χ4n) is 2.30. The Hall–Kier alpha value is -1.85. The van der Waals surface area contributed by atoms with Crippen molar-refractivity contribution in [2.75, 3.05) is 6.61 Å². The maximum atomic E-state index is 12.3. The zero-order valence-electron chi connectivity index (χ0n) is 13.7. The van der Waals surface area contributed by atoms with E-state index in [1.807, 2.05) is 69.3 Å². The van der Waals surface area contributed by atoms with Gasteiger partial charge in [-0.1, -0.05) is 42.0 Å². The second kappa shape index (κ2) is 7.62. The predicted molar refractivity (Wildman–Crippen MR) is 93.0 cm³/mol. The molecule has 2 aromatic rings. The predicted octanol–water partition coefficient (Wildman–Crippen LogP) is 3.57. The summed E-state index contributed by atoms with van der Waals surface area (Å²) in [7, 11) is -3.40. The standard InChI is InChI=1S/C18H23NO3S/c1-4-22-18-11-9-17(10-12-18)15(3)19-23(20,21)13-16-7-5-14(2)6-8-16/h5-12,15,19H,4,13H2,1-3H3/t15-/m1/s1. The zero-order chi connectivity index (χ0) is 16.9. The van der Waals surface area contributed by atoms with E-state index in [1.54, 1.807) is 0 Å². The molecule has 0 saturated heterocycles. The molecular formula is C18H23NO3S. The van der Waals surface area contributed by atoms with Crippen LogP contribution in [0.4, 0.5) is 0 Å². The van der Waals surface area contributed by atoms with Crippen molar-refractivity contribution >= 4 is 10.0 Å². The van der Waals surface area contributed by atoms with Crippen LogP contribution in [0.15, 0.2) is 48.5 Å². The van der Waals surface area contributed by atoms with Crippen LogP contribution in [-0.2, 0) is 15.8 Å². The minimum absolute atomic E-state index is 0.0192. The molecule has 124 valence electrons. The smallest absolute Gasteiger partial charge is 0.216 e. The first kappa shape index (κ1) is 17.5. The molecule has 0 aliphatic heterocycles. The van der Waals surface area contributed by atoms with Crippen molar-refractivity contribution in [1.29, 1.82) is 0 Å². The van der Waals surface area contributed by atoms with Crippen LogP contribution in [0, 0.1) is 6.92 Å². The van der Waals surface area contributed by atoms with Gasteiger partial charge in [-0.25, -0.2) is 13.1 Å². The first-order chi connectivity index (χ1) is 10.9. The Balaban J connectivity index is 2.02. The van der Waals surface area contributed by atoms with E-state index < -0.39 is 10.0 Å². The third-order valence-electron chi connectivity index (χ3n) is 3.52. The van der Waals surface area contributed by atoms with Crippen LogP contribution in [0.3, 0.4) is 0 Å². The van der Waals surface area contributed by atoms with Crippen LogP contribution in [-0.4, -0.2) is 15.0 Å². The number of rotatable bonds is 7. The number of hydrogen-bond acceptors (Lipinski definition) is 3. The summed E-state index contributed by atoms with van der Waals surface area (Å²) in [5.41, 5.74) is 2.80. The van der Waals surface area contributed by atoms with Crippen molar-refractivity contribution in [1.82, 2.24) is 4.72 Å². The molecule has 1 N–H and O–H groups in total. The topological polar surface area (TPSA) is 55.4 Å². The maximum absolute atomic E-state index is 12.3. The fourth-order valence-corrected chi connectivity index (χ4v) is 3.69. The average Bonchev–Trinajstić information content (AvgIpc) is 2.50. The minimum Gasteiger partial charge on any atom is -0.494 e. The van der Waals surface area contributed by atoms with Gasteiger partial charge in [-0.3, -0.25) is 0 Å². The molecule has 1 atom stereocenters. The lowest BCUT2D eigenvalue weighted by Gasteiger charge is -2.15. The van der Waals surface area contributed by atoms with Crippen LogP contribution < -0.4 is 9.46 Å². The highest BCUT2D eigenvalue weighted by atomic mass is 32.2. The lowest BCUT2D eigenvalue weighted by atomic mass is 10.1. The Labute approximate surface area is 138 Å². The van der Waals surface area contributed by atoms with Gasteiger partial charge in [0, 0.05) is 6.04 Å². The minimum atomic E-state index is -3.40. The first-order valence-corrected chi connectivity index (χ1v) is 9.33. The molecule has 4 nitrogen and oxygen atoms in total. The zero-order valence-corrected chi connectivity index (χ0v) is 14.6. The van der Waals surface area contributed by atoms with E-state index in [0.29, 0.717) is 6.61 Å². The van der Waals surface area contributed by atoms with Gasteiger partial charge in [0.05, 0.1) is 12.4 Å². The highest BCUT2D eigenvalue weighted by Crippen LogP contribution is 2.19. The summed E-state index contributed by atoms with van der Waals surface area (Å²) in [4.78, 5) is 0. The third kappa shape index (κ3) is 5.37. The quantitative estimate of drug-likeness (QED) is 0.843. The lowest BCUT2D eigenvalue weighted by molar-refractivity contribution is 0.340. The van der Waals surface area contributed by atoms with Crippen LogP contribution in [0.5, 0.6) is 5.75 Å². The molecule has 2 rings (SSSR count). The van der Waals surface area contributed by atoms with Gasteiger partial charge in [0.2, 0.25) is 10.0 Å². The summed E-state index contributed by atoms with van der Waals surface area (Å²) >= 11 is 0. The van der Waals surface area contributed by atoms with E-state index in [1.165, 1.54) is 0 Å². The molecule has 0 unspecified atom stereocenters. The fraction of sp³-hybridized carbons (Fsp3) is 0.333. The molecule has 0 saturated carbocycles. The van der Waals surface area contributed by atoms with Crippen molar-refractivity contribution in [3.63, 3.8) is 0 Å². The Kier molecular flexibility index (Phi) is 5.80. The van der Waals surface area contributed by atoms with Gasteiger partial charge in [-0.05, 0) is 44.0 Å². The van der Waals surface area contributed by atoms with Gasteiger partial charge >= 0.3 is 0 Å². The van der Waals surface area contributed by atoms with E-state index in [9.17, 15) is 8.42 Å². The van der Waals surface area contributed by atoms with Gasteiger partial charge in [0.25, 0.3) is 0 Å². The summed E-state index contributed by atoms with van der Waals surface area (Å²) in [6.07, 6.45) is 0. The number of aryl methyl sites for hydroxylation is 1. The van der Waals surface area contributed by atoms with Crippen molar-refractivity contribution in [2.45, 2.75) is 32.6 Å². The Morgan fingerprint density at radius 1 is 1.04 bits per heavy atom. The number of ether oxygens (including phenoxy) is 1. The molecule has 23 heavy (non-hydrogen) atoms. The Morgan fingerprint density at radius 3 is 2.22 bits per heavy atom. The van der Waals surface area contributed by atoms with Gasteiger partial charge in [0.15, 0.2) is 0 Å². The molecule has 0 radical (unpaired) electrons. The van der Waals surface area contributed by atoms with Crippen molar-refractivity contribution < 1.29 is 13.2 Å². The third-order valence-corrected chi connectivity index (χ3v) is 4.95. The van der Waals surface area contributed by atoms with E-state index in [0.717, 1.165) is 22.4 Å². The average molecular weight is 333 g/mol. The molecule has 2 aromatic carbocycles. The molecule has 0 aromatic heterocycles. The van der Waals surface area contributed by atoms with Gasteiger partial charge in [-0.15, -0.1) is 0 Å². The highest BCUT2D eigenvalue weighted by molar-refractivity contribution is 7.88. The molecule has 0 spiro atoms. The SMILES string of the molecule is CCOc1ccc([C@@H](C)NS(=O)(=O)Cc2ccc(C)cc2)cc1. The monoisotopic (exact) mass is 333 g/mol. The second-order valence-corrected chi connectivity index (χ2v) is 7.34. The van der Waals surface area contributed by atoms with E-state index in [2.05, 4.69) is 4.72 Å². The molecule has 0 aliphatic rings. The summed E-state index contributed by atoms with van der Waals surface area (Å²) in [6, 6.07) is 14.7. The van der Waals surface area contributed by atoms with Crippen molar-refractivity contribution in [3.8, 4) is 5.75 Å². The summed E-state index contributed by atoms with van der Waals surface area (Å²) in [6.45, 7) is 6.35. The summed E-state index contributed by atoms with van der Waals surface area (Å²) < 4.78 is 32.7. The van der Waals surface area contributed by atoms with Crippen LogP contribution in [0.25, 0.3) is 0 Å². The van der Waals surface area contributed by atoms with E-state index >= 15 is 0 Å².